The number of aliphatic carboxylic acids is 1. The number of hydrogen-bond donors (Lipinski definition) is 2. The van der Waals surface area contributed by atoms with E-state index in [2.05, 4.69) is 10.3 Å². The Bertz CT molecular complexity index is 585. The second-order valence-electron chi connectivity index (χ2n) is 5.70. The SMILES string of the molecule is CNC(=O)c1ccc(C(=O)N2CCCC(CCC(=O)O)C2)cn1. The highest BCUT2D eigenvalue weighted by molar-refractivity contribution is 5.96. The molecule has 1 fully saturated rings. The lowest BCUT2D eigenvalue weighted by molar-refractivity contribution is -0.137. The van der Waals surface area contributed by atoms with Gasteiger partial charge in [0.15, 0.2) is 0 Å². The third-order valence-corrected chi connectivity index (χ3v) is 4.04. The van der Waals surface area contributed by atoms with Gasteiger partial charge in [0.1, 0.15) is 5.69 Å². The summed E-state index contributed by atoms with van der Waals surface area (Å²) in [5.41, 5.74) is 0.707. The molecular formula is C16H21N3O4. The summed E-state index contributed by atoms with van der Waals surface area (Å²) in [6.45, 7) is 1.24. The van der Waals surface area contributed by atoms with E-state index in [1.807, 2.05) is 0 Å². The molecule has 7 nitrogen and oxygen atoms in total. The van der Waals surface area contributed by atoms with Crippen LogP contribution in [0, 0.1) is 5.92 Å². The predicted molar refractivity (Wildman–Crippen MR) is 83.1 cm³/mol. The molecule has 0 radical (unpaired) electrons. The van der Waals surface area contributed by atoms with Gasteiger partial charge in [0, 0.05) is 32.8 Å². The fourth-order valence-corrected chi connectivity index (χ4v) is 2.78. The molecule has 2 amide bonds. The Labute approximate surface area is 134 Å². The highest BCUT2D eigenvalue weighted by atomic mass is 16.4. The van der Waals surface area contributed by atoms with Crippen molar-refractivity contribution >= 4 is 17.8 Å². The van der Waals surface area contributed by atoms with Crippen molar-refractivity contribution in [2.45, 2.75) is 25.7 Å². The van der Waals surface area contributed by atoms with Gasteiger partial charge < -0.3 is 15.3 Å². The molecule has 1 aliphatic rings. The zero-order valence-electron chi connectivity index (χ0n) is 13.1. The summed E-state index contributed by atoms with van der Waals surface area (Å²) in [5, 5.41) is 11.2. The fourth-order valence-electron chi connectivity index (χ4n) is 2.78. The summed E-state index contributed by atoms with van der Waals surface area (Å²) in [7, 11) is 1.52. The van der Waals surface area contributed by atoms with Crippen LogP contribution in [-0.4, -0.2) is 52.9 Å². The van der Waals surface area contributed by atoms with Crippen LogP contribution in [0.4, 0.5) is 0 Å². The third-order valence-electron chi connectivity index (χ3n) is 4.04. The Morgan fingerprint density at radius 1 is 1.39 bits per heavy atom. The van der Waals surface area contributed by atoms with E-state index in [1.165, 1.54) is 19.3 Å². The standard InChI is InChI=1S/C16H21N3O4/c1-17-15(22)13-6-5-12(9-18-13)16(23)19-8-2-3-11(10-19)4-7-14(20)21/h5-6,9,11H,2-4,7-8,10H2,1H3,(H,17,22)(H,20,21). The van der Waals surface area contributed by atoms with Crippen molar-refractivity contribution in [1.29, 1.82) is 0 Å². The van der Waals surface area contributed by atoms with Crippen LogP contribution < -0.4 is 5.32 Å². The van der Waals surface area contributed by atoms with Crippen LogP contribution in [-0.2, 0) is 4.79 Å². The Hall–Kier alpha value is -2.44. The quantitative estimate of drug-likeness (QED) is 0.848. The van der Waals surface area contributed by atoms with Crippen LogP contribution in [0.5, 0.6) is 0 Å². The van der Waals surface area contributed by atoms with Crippen LogP contribution in [0.3, 0.4) is 0 Å². The van der Waals surface area contributed by atoms with Crippen molar-refractivity contribution in [3.63, 3.8) is 0 Å². The summed E-state index contributed by atoms with van der Waals surface area (Å²) < 4.78 is 0. The van der Waals surface area contributed by atoms with E-state index in [9.17, 15) is 14.4 Å². The Morgan fingerprint density at radius 2 is 2.17 bits per heavy atom. The maximum Gasteiger partial charge on any atom is 0.303 e. The van der Waals surface area contributed by atoms with Crippen LogP contribution in [0.1, 0.15) is 46.5 Å². The van der Waals surface area contributed by atoms with E-state index in [4.69, 9.17) is 5.11 Å². The van der Waals surface area contributed by atoms with Crippen molar-refractivity contribution < 1.29 is 19.5 Å². The highest BCUT2D eigenvalue weighted by Gasteiger charge is 2.25. The lowest BCUT2D eigenvalue weighted by atomic mass is 9.93. The van der Waals surface area contributed by atoms with Crippen LogP contribution in [0.2, 0.25) is 0 Å². The summed E-state index contributed by atoms with van der Waals surface area (Å²) in [6, 6.07) is 3.12. The summed E-state index contributed by atoms with van der Waals surface area (Å²) >= 11 is 0. The van der Waals surface area contributed by atoms with Gasteiger partial charge in [0.2, 0.25) is 0 Å². The van der Waals surface area contributed by atoms with E-state index in [1.54, 1.807) is 11.0 Å². The van der Waals surface area contributed by atoms with Crippen molar-refractivity contribution in [2.75, 3.05) is 20.1 Å². The normalized spacial score (nSPS) is 17.6. The van der Waals surface area contributed by atoms with Gasteiger partial charge in [0.25, 0.3) is 11.8 Å². The number of aromatic nitrogens is 1. The number of carbonyl (C=O) groups is 3. The molecule has 2 heterocycles. The molecule has 1 aromatic heterocycles. The number of carbonyl (C=O) groups excluding carboxylic acids is 2. The molecule has 2 N–H and O–H groups in total. The van der Waals surface area contributed by atoms with Crippen LogP contribution >= 0.6 is 0 Å². The molecule has 7 heteroatoms. The number of likely N-dealkylation sites (tertiary alicyclic amines) is 1. The van der Waals surface area contributed by atoms with Gasteiger partial charge in [0.05, 0.1) is 5.56 Å². The number of amides is 2. The lowest BCUT2D eigenvalue weighted by Crippen LogP contribution is -2.40. The van der Waals surface area contributed by atoms with Crippen molar-refractivity contribution in [3.8, 4) is 0 Å². The molecule has 0 aliphatic carbocycles. The van der Waals surface area contributed by atoms with Crippen molar-refractivity contribution in [1.82, 2.24) is 15.2 Å². The second-order valence-corrected chi connectivity index (χ2v) is 5.70. The summed E-state index contributed by atoms with van der Waals surface area (Å²) in [4.78, 5) is 40.4. The number of nitrogens with one attached hydrogen (secondary N) is 1. The minimum Gasteiger partial charge on any atom is -0.481 e. The first-order valence-corrected chi connectivity index (χ1v) is 7.70. The van der Waals surface area contributed by atoms with Gasteiger partial charge in [-0.15, -0.1) is 0 Å². The van der Waals surface area contributed by atoms with E-state index in [0.29, 0.717) is 25.1 Å². The molecule has 1 aromatic rings. The molecule has 1 atom stereocenters. The highest BCUT2D eigenvalue weighted by Crippen LogP contribution is 2.22. The first-order chi connectivity index (χ1) is 11.0. The van der Waals surface area contributed by atoms with E-state index >= 15 is 0 Å². The van der Waals surface area contributed by atoms with Crippen molar-refractivity contribution in [3.05, 3.63) is 29.6 Å². The average molecular weight is 319 g/mol. The van der Waals surface area contributed by atoms with E-state index < -0.39 is 5.97 Å². The molecule has 1 aliphatic heterocycles. The third kappa shape index (κ3) is 4.51. The molecule has 0 bridgehead atoms. The minimum absolute atomic E-state index is 0.124. The van der Waals surface area contributed by atoms with E-state index in [0.717, 1.165) is 12.8 Å². The van der Waals surface area contributed by atoms with Crippen molar-refractivity contribution in [2.24, 2.45) is 5.92 Å². The summed E-state index contributed by atoms with van der Waals surface area (Å²) in [5.74, 6) is -0.999. The Balaban J connectivity index is 1.99. The van der Waals surface area contributed by atoms with Crippen LogP contribution in [0.25, 0.3) is 0 Å². The average Bonchev–Trinajstić information content (AvgIpc) is 2.59. The lowest BCUT2D eigenvalue weighted by Gasteiger charge is -2.32. The maximum absolute atomic E-state index is 12.5. The zero-order chi connectivity index (χ0) is 16.8. The minimum atomic E-state index is -0.803. The molecule has 2 rings (SSSR count). The molecule has 1 unspecified atom stereocenters. The zero-order valence-corrected chi connectivity index (χ0v) is 13.1. The molecule has 124 valence electrons. The van der Waals surface area contributed by atoms with Gasteiger partial charge in [-0.1, -0.05) is 0 Å². The van der Waals surface area contributed by atoms with Gasteiger partial charge in [-0.3, -0.25) is 19.4 Å². The first kappa shape index (κ1) is 16.9. The molecule has 0 aromatic carbocycles. The number of carboxylic acids is 1. The molecule has 23 heavy (non-hydrogen) atoms. The number of carboxylic acid groups (broad SMARTS) is 1. The van der Waals surface area contributed by atoms with Gasteiger partial charge >= 0.3 is 5.97 Å². The fraction of sp³-hybridized carbons (Fsp3) is 0.500. The number of rotatable bonds is 5. The molecular weight excluding hydrogens is 298 g/mol. The van der Waals surface area contributed by atoms with Gasteiger partial charge in [-0.25, -0.2) is 0 Å². The number of piperidine rings is 1. The van der Waals surface area contributed by atoms with Gasteiger partial charge in [-0.2, -0.15) is 0 Å². The smallest absolute Gasteiger partial charge is 0.303 e. The maximum atomic E-state index is 12.5. The Morgan fingerprint density at radius 3 is 2.78 bits per heavy atom. The monoisotopic (exact) mass is 319 g/mol. The number of pyridine rings is 1. The number of hydrogen-bond acceptors (Lipinski definition) is 4. The molecule has 0 saturated carbocycles. The summed E-state index contributed by atoms with van der Waals surface area (Å²) in [6.07, 6.45) is 3.96. The topological polar surface area (TPSA) is 99.6 Å². The van der Waals surface area contributed by atoms with Gasteiger partial charge in [-0.05, 0) is 37.3 Å². The Kier molecular flexibility index (Phi) is 5.67. The predicted octanol–water partition coefficient (Wildman–Crippen LogP) is 1.16. The molecule has 0 spiro atoms. The van der Waals surface area contributed by atoms with E-state index in [-0.39, 0.29) is 29.8 Å². The molecule has 1 saturated heterocycles. The second kappa shape index (κ2) is 7.71. The first-order valence-electron chi connectivity index (χ1n) is 7.70. The largest absolute Gasteiger partial charge is 0.481 e. The number of nitrogens with zero attached hydrogens (tertiary/aromatic N) is 2. The van der Waals surface area contributed by atoms with Crippen LogP contribution in [0.15, 0.2) is 18.3 Å².